The number of aryl methyl sites for hydroxylation is 1. The van der Waals surface area contributed by atoms with E-state index >= 15 is 0 Å². The Balaban J connectivity index is 2.09. The minimum Gasteiger partial charge on any atom is -0.296 e. The second-order valence-corrected chi connectivity index (χ2v) is 8.94. The molecular weight excluding hydrogens is 360 g/mol. The summed E-state index contributed by atoms with van der Waals surface area (Å²) in [4.78, 5) is 12.4. The third-order valence-corrected chi connectivity index (χ3v) is 6.27. The van der Waals surface area contributed by atoms with Crippen molar-refractivity contribution in [2.24, 2.45) is 0 Å². The molecule has 0 unspecified atom stereocenters. The van der Waals surface area contributed by atoms with Crippen LogP contribution in [0.1, 0.15) is 41.6 Å². The van der Waals surface area contributed by atoms with Crippen LogP contribution in [0.5, 0.6) is 0 Å². The van der Waals surface area contributed by atoms with E-state index in [9.17, 15) is 13.2 Å². The fourth-order valence-corrected chi connectivity index (χ4v) is 3.83. The number of sulfonamides is 1. The van der Waals surface area contributed by atoms with E-state index in [2.05, 4.69) is 22.4 Å². The molecular formula is C16H22N4O3S2. The van der Waals surface area contributed by atoms with Gasteiger partial charge in [0.25, 0.3) is 5.91 Å². The van der Waals surface area contributed by atoms with Crippen molar-refractivity contribution in [2.45, 2.75) is 37.5 Å². The van der Waals surface area contributed by atoms with Crippen LogP contribution in [-0.2, 0) is 16.4 Å². The number of nitrogens with one attached hydrogen (secondary N) is 1. The van der Waals surface area contributed by atoms with Crippen molar-refractivity contribution in [1.29, 1.82) is 0 Å². The summed E-state index contributed by atoms with van der Waals surface area (Å²) in [5.41, 5.74) is 0.255. The number of amides is 1. The van der Waals surface area contributed by atoms with Gasteiger partial charge in [-0.3, -0.25) is 10.1 Å². The molecule has 136 valence electrons. The Morgan fingerprint density at radius 2 is 2.00 bits per heavy atom. The first kappa shape index (κ1) is 19.5. The first-order valence-electron chi connectivity index (χ1n) is 8.01. The lowest BCUT2D eigenvalue weighted by atomic mass is 10.2. The Hall–Kier alpha value is -1.84. The summed E-state index contributed by atoms with van der Waals surface area (Å²) < 4.78 is 25.4. The van der Waals surface area contributed by atoms with Crippen LogP contribution in [-0.4, -0.2) is 42.9 Å². The molecule has 25 heavy (non-hydrogen) atoms. The maximum absolute atomic E-state index is 12.4. The number of rotatable bonds is 8. The van der Waals surface area contributed by atoms with Gasteiger partial charge in [-0.25, -0.2) is 12.7 Å². The minimum atomic E-state index is -3.59. The summed E-state index contributed by atoms with van der Waals surface area (Å²) in [6.07, 6.45) is 4.16. The van der Waals surface area contributed by atoms with Crippen molar-refractivity contribution < 1.29 is 13.2 Å². The summed E-state index contributed by atoms with van der Waals surface area (Å²) in [5, 5.41) is 12.0. The topological polar surface area (TPSA) is 92.3 Å². The SMILES string of the molecule is CCCCCc1nnc(NC(=O)c2cccc(S(=O)(=O)N(C)C)c2)s1. The molecule has 1 aromatic heterocycles. The highest BCUT2D eigenvalue weighted by Gasteiger charge is 2.19. The van der Waals surface area contributed by atoms with Gasteiger partial charge in [0.05, 0.1) is 4.90 Å². The fourth-order valence-electron chi connectivity index (χ4n) is 2.11. The molecule has 0 fully saturated rings. The van der Waals surface area contributed by atoms with Gasteiger partial charge in [0.15, 0.2) is 0 Å². The summed E-state index contributed by atoms with van der Waals surface area (Å²) >= 11 is 1.34. The smallest absolute Gasteiger partial charge is 0.257 e. The van der Waals surface area contributed by atoms with Crippen LogP contribution < -0.4 is 5.32 Å². The number of benzene rings is 1. The van der Waals surface area contributed by atoms with Crippen LogP contribution in [0.3, 0.4) is 0 Å². The number of hydrogen-bond acceptors (Lipinski definition) is 6. The molecule has 0 aliphatic heterocycles. The monoisotopic (exact) mass is 382 g/mol. The molecule has 2 rings (SSSR count). The van der Waals surface area contributed by atoms with Crippen LogP contribution in [0.15, 0.2) is 29.2 Å². The molecule has 0 bridgehead atoms. The van der Waals surface area contributed by atoms with E-state index in [1.165, 1.54) is 37.6 Å². The average Bonchev–Trinajstić information content (AvgIpc) is 3.02. The van der Waals surface area contributed by atoms with Gasteiger partial charge in [0, 0.05) is 26.1 Å². The molecule has 1 heterocycles. The number of hydrogen-bond donors (Lipinski definition) is 1. The van der Waals surface area contributed by atoms with E-state index in [0.29, 0.717) is 5.13 Å². The highest BCUT2D eigenvalue weighted by Crippen LogP contribution is 2.20. The van der Waals surface area contributed by atoms with Crippen molar-refractivity contribution in [3.63, 3.8) is 0 Å². The Labute approximate surface area is 152 Å². The van der Waals surface area contributed by atoms with Gasteiger partial charge in [-0.15, -0.1) is 10.2 Å². The predicted octanol–water partition coefficient (Wildman–Crippen LogP) is 2.77. The van der Waals surface area contributed by atoms with Gasteiger partial charge in [0.1, 0.15) is 5.01 Å². The summed E-state index contributed by atoms with van der Waals surface area (Å²) in [6, 6.07) is 5.92. The van der Waals surface area contributed by atoms with Crippen molar-refractivity contribution in [1.82, 2.24) is 14.5 Å². The van der Waals surface area contributed by atoms with E-state index in [0.717, 1.165) is 35.0 Å². The number of unbranched alkanes of at least 4 members (excludes halogenated alkanes) is 2. The van der Waals surface area contributed by atoms with E-state index in [-0.39, 0.29) is 10.5 Å². The summed E-state index contributed by atoms with van der Waals surface area (Å²) in [5.74, 6) is -0.410. The van der Waals surface area contributed by atoms with Crippen LogP contribution in [0.25, 0.3) is 0 Å². The molecule has 1 amide bonds. The molecule has 0 atom stereocenters. The molecule has 0 aliphatic rings. The largest absolute Gasteiger partial charge is 0.296 e. The number of anilines is 1. The molecule has 0 spiro atoms. The molecule has 1 N–H and O–H groups in total. The molecule has 7 nitrogen and oxygen atoms in total. The molecule has 0 saturated carbocycles. The number of nitrogens with zero attached hydrogens (tertiary/aromatic N) is 3. The molecule has 1 aromatic carbocycles. The van der Waals surface area contributed by atoms with E-state index in [1.54, 1.807) is 12.1 Å². The zero-order valence-corrected chi connectivity index (χ0v) is 16.2. The zero-order chi connectivity index (χ0) is 18.4. The molecule has 0 aliphatic carbocycles. The lowest BCUT2D eigenvalue weighted by molar-refractivity contribution is 0.102. The Morgan fingerprint density at radius 1 is 1.24 bits per heavy atom. The molecule has 0 saturated heterocycles. The predicted molar refractivity (Wildman–Crippen MR) is 98.4 cm³/mol. The Bertz CT molecular complexity index is 831. The quantitative estimate of drug-likeness (QED) is 0.709. The molecule has 0 radical (unpaired) electrons. The van der Waals surface area contributed by atoms with E-state index in [4.69, 9.17) is 0 Å². The second-order valence-electron chi connectivity index (χ2n) is 5.73. The van der Waals surface area contributed by atoms with Crippen molar-refractivity contribution in [2.75, 3.05) is 19.4 Å². The Kier molecular flexibility index (Phi) is 6.63. The van der Waals surface area contributed by atoms with Gasteiger partial charge < -0.3 is 0 Å². The number of carbonyl (C=O) groups is 1. The van der Waals surface area contributed by atoms with Crippen LogP contribution in [0.4, 0.5) is 5.13 Å². The maximum Gasteiger partial charge on any atom is 0.257 e. The highest BCUT2D eigenvalue weighted by atomic mass is 32.2. The first-order chi connectivity index (χ1) is 11.8. The second kappa shape index (κ2) is 8.50. The van der Waals surface area contributed by atoms with Crippen LogP contribution in [0, 0.1) is 0 Å². The molecule has 2 aromatic rings. The highest BCUT2D eigenvalue weighted by molar-refractivity contribution is 7.89. The number of carbonyl (C=O) groups excluding carboxylic acids is 1. The first-order valence-corrected chi connectivity index (χ1v) is 10.3. The van der Waals surface area contributed by atoms with Crippen molar-refractivity contribution in [3.8, 4) is 0 Å². The van der Waals surface area contributed by atoms with Crippen molar-refractivity contribution in [3.05, 3.63) is 34.8 Å². The zero-order valence-electron chi connectivity index (χ0n) is 14.5. The van der Waals surface area contributed by atoms with E-state index < -0.39 is 15.9 Å². The third-order valence-electron chi connectivity index (χ3n) is 3.56. The van der Waals surface area contributed by atoms with Gasteiger partial charge >= 0.3 is 0 Å². The summed E-state index contributed by atoms with van der Waals surface area (Å²) in [7, 11) is -0.691. The lowest BCUT2D eigenvalue weighted by Crippen LogP contribution is -2.22. The number of aromatic nitrogens is 2. The lowest BCUT2D eigenvalue weighted by Gasteiger charge is -2.12. The maximum atomic E-state index is 12.4. The van der Waals surface area contributed by atoms with Gasteiger partial charge in [0.2, 0.25) is 15.2 Å². The fraction of sp³-hybridized carbons (Fsp3) is 0.438. The normalized spacial score (nSPS) is 11.7. The van der Waals surface area contributed by atoms with Crippen molar-refractivity contribution >= 4 is 32.4 Å². The average molecular weight is 383 g/mol. The van der Waals surface area contributed by atoms with Crippen LogP contribution >= 0.6 is 11.3 Å². The minimum absolute atomic E-state index is 0.0719. The van der Waals surface area contributed by atoms with Gasteiger partial charge in [-0.05, 0) is 24.6 Å². The Morgan fingerprint density at radius 3 is 2.68 bits per heavy atom. The molecule has 9 heteroatoms. The van der Waals surface area contributed by atoms with Gasteiger partial charge in [-0.1, -0.05) is 37.2 Å². The summed E-state index contributed by atoms with van der Waals surface area (Å²) in [6.45, 7) is 2.14. The van der Waals surface area contributed by atoms with Crippen LogP contribution in [0.2, 0.25) is 0 Å². The van der Waals surface area contributed by atoms with Gasteiger partial charge in [-0.2, -0.15) is 0 Å². The third kappa shape index (κ3) is 5.07. The standard InChI is InChI=1S/C16H22N4O3S2/c1-4-5-6-10-14-18-19-16(24-14)17-15(21)12-8-7-9-13(11-12)25(22,23)20(2)3/h7-9,11H,4-6,10H2,1-3H3,(H,17,19,21). The van der Waals surface area contributed by atoms with E-state index in [1.807, 2.05) is 0 Å².